The summed E-state index contributed by atoms with van der Waals surface area (Å²) >= 11 is 0. The molecule has 6 atom stereocenters. The monoisotopic (exact) mass is 468 g/mol. The molecule has 0 aromatic carbocycles. The van der Waals surface area contributed by atoms with Gasteiger partial charge in [-0.15, -0.1) is 13.2 Å². The van der Waals surface area contributed by atoms with Gasteiger partial charge in [0.15, 0.2) is 22.8 Å². The normalized spacial score (nSPS) is 41.4. The highest BCUT2D eigenvalue weighted by Gasteiger charge is 2.83. The highest BCUT2D eigenvalue weighted by atomic mass is 16.6. The Labute approximate surface area is 202 Å². The van der Waals surface area contributed by atoms with Gasteiger partial charge in [0.1, 0.15) is 0 Å². The molecule has 6 heteroatoms. The number of carbonyl (C=O) groups excluding carboxylic acids is 2. The van der Waals surface area contributed by atoms with Gasteiger partial charge in [-0.3, -0.25) is 9.59 Å². The molecule has 2 heterocycles. The standard InChI is InChI=1S/C28H36O6/c1-5-7-9-11-31-15-20-14-25(4)22(28(18-34-28)23(20)29)21-19(3)13-26(25,16-32-12-10-8-6-2)24(30)27(21)17-33-27/h5-6,13-14,21-22H,1-2,7-12,15-18H2,3-4H3/t21-,22-,25-,26+,27?,28?/m1/s1. The molecule has 2 aliphatic heterocycles. The first-order chi connectivity index (χ1) is 16.3. The second-order valence-corrected chi connectivity index (χ2v) is 10.7. The summed E-state index contributed by atoms with van der Waals surface area (Å²) in [5.74, 6) is -0.237. The van der Waals surface area contributed by atoms with Crippen LogP contribution in [0.25, 0.3) is 0 Å². The fourth-order valence-electron chi connectivity index (χ4n) is 7.02. The average Bonchev–Trinajstić information content (AvgIpc) is 3.73. The number of epoxide rings is 2. The van der Waals surface area contributed by atoms with Crippen LogP contribution in [0.15, 0.2) is 48.6 Å². The molecule has 6 nitrogen and oxygen atoms in total. The van der Waals surface area contributed by atoms with E-state index in [1.165, 1.54) is 0 Å². The molecular formula is C28H36O6. The van der Waals surface area contributed by atoms with Gasteiger partial charge in [-0.05, 0) is 32.6 Å². The van der Waals surface area contributed by atoms with Gasteiger partial charge in [0.25, 0.3) is 0 Å². The lowest BCUT2D eigenvalue weighted by Gasteiger charge is -2.63. The zero-order chi connectivity index (χ0) is 24.2. The maximum absolute atomic E-state index is 14.1. The minimum absolute atomic E-state index is 0.00402. The van der Waals surface area contributed by atoms with Crippen molar-refractivity contribution in [1.29, 1.82) is 0 Å². The lowest BCUT2D eigenvalue weighted by molar-refractivity contribution is -0.172. The Morgan fingerprint density at radius 1 is 1.03 bits per heavy atom. The second-order valence-electron chi connectivity index (χ2n) is 10.7. The number of ketones is 2. The van der Waals surface area contributed by atoms with E-state index >= 15 is 0 Å². The number of ether oxygens (including phenoxy) is 4. The topological polar surface area (TPSA) is 77.7 Å². The number of hydrogen-bond donors (Lipinski definition) is 0. The van der Waals surface area contributed by atoms with Gasteiger partial charge in [0.05, 0.1) is 31.8 Å². The Morgan fingerprint density at radius 2 is 1.65 bits per heavy atom. The minimum Gasteiger partial charge on any atom is -0.380 e. The van der Waals surface area contributed by atoms with Gasteiger partial charge in [0.2, 0.25) is 0 Å². The lowest BCUT2D eigenvalue weighted by Crippen LogP contribution is -2.72. The fraction of sp³-hybridized carbons (Fsp3) is 0.643. The van der Waals surface area contributed by atoms with Gasteiger partial charge in [0, 0.05) is 36.0 Å². The molecule has 1 saturated carbocycles. The Bertz CT molecular complexity index is 967. The van der Waals surface area contributed by atoms with Crippen molar-refractivity contribution < 1.29 is 28.5 Å². The van der Waals surface area contributed by atoms with Crippen LogP contribution in [-0.4, -0.2) is 62.4 Å². The first kappa shape index (κ1) is 23.9. The number of allylic oxidation sites excluding steroid dienone is 3. The molecule has 2 unspecified atom stereocenters. The lowest BCUT2D eigenvalue weighted by atomic mass is 9.38. The SMILES string of the molecule is C=CCCCOCC1=C[C@]2(C)[C@@H]([C@H]3C(C)=C[C@]2(COCCCC=C)C(=O)C32CO2)C2(CO2)C1=O. The number of unbranched alkanes of at least 4 members (excludes halogenated alkanes) is 2. The minimum atomic E-state index is -0.908. The van der Waals surface area contributed by atoms with Gasteiger partial charge in [-0.1, -0.05) is 36.8 Å². The molecule has 6 rings (SSSR count). The van der Waals surface area contributed by atoms with Crippen molar-refractivity contribution in [3.05, 3.63) is 48.6 Å². The molecule has 0 aromatic rings. The summed E-state index contributed by atoms with van der Waals surface area (Å²) in [5.41, 5.74) is -1.58. The molecule has 34 heavy (non-hydrogen) atoms. The van der Waals surface area contributed by atoms with Crippen molar-refractivity contribution in [2.24, 2.45) is 22.7 Å². The predicted octanol–water partition coefficient (Wildman–Crippen LogP) is 3.77. The third-order valence-corrected chi connectivity index (χ3v) is 8.74. The molecule has 0 radical (unpaired) electrons. The molecule has 2 bridgehead atoms. The van der Waals surface area contributed by atoms with Gasteiger partial charge < -0.3 is 18.9 Å². The van der Waals surface area contributed by atoms with E-state index in [0.717, 1.165) is 31.3 Å². The summed E-state index contributed by atoms with van der Waals surface area (Å²) < 4.78 is 24.0. The smallest absolute Gasteiger partial charge is 0.195 e. The van der Waals surface area contributed by atoms with Crippen LogP contribution in [-0.2, 0) is 28.5 Å². The molecule has 0 amide bonds. The molecule has 3 fully saturated rings. The van der Waals surface area contributed by atoms with Crippen molar-refractivity contribution in [2.75, 3.05) is 39.6 Å². The summed E-state index contributed by atoms with van der Waals surface area (Å²) in [5, 5.41) is 0. The Hall–Kier alpha value is -1.86. The van der Waals surface area contributed by atoms with Gasteiger partial charge >= 0.3 is 0 Å². The van der Waals surface area contributed by atoms with Crippen LogP contribution < -0.4 is 0 Å². The predicted molar refractivity (Wildman–Crippen MR) is 127 cm³/mol. The molecule has 0 N–H and O–H groups in total. The van der Waals surface area contributed by atoms with E-state index in [1.807, 2.05) is 18.2 Å². The summed E-state index contributed by atoms with van der Waals surface area (Å²) in [6.45, 7) is 14.1. The maximum atomic E-state index is 14.1. The van der Waals surface area contributed by atoms with Crippen LogP contribution in [0.4, 0.5) is 0 Å². The van der Waals surface area contributed by atoms with Crippen molar-refractivity contribution in [3.63, 3.8) is 0 Å². The molecule has 0 aromatic heterocycles. The number of Topliss-reactive ketones (excluding diaryl/α,β-unsaturated/α-hetero) is 2. The highest BCUT2D eigenvalue weighted by Crippen LogP contribution is 2.73. The van der Waals surface area contributed by atoms with E-state index in [0.29, 0.717) is 32.0 Å². The Morgan fingerprint density at radius 3 is 2.24 bits per heavy atom. The van der Waals surface area contributed by atoms with Crippen LogP contribution >= 0.6 is 0 Å². The fourth-order valence-corrected chi connectivity index (χ4v) is 7.02. The van der Waals surface area contributed by atoms with Crippen LogP contribution in [0, 0.1) is 22.7 Å². The Kier molecular flexibility index (Phi) is 5.87. The zero-order valence-electron chi connectivity index (χ0n) is 20.4. The summed E-state index contributed by atoms with van der Waals surface area (Å²) in [6.07, 6.45) is 11.3. The molecular weight excluding hydrogens is 432 g/mol. The molecule has 2 saturated heterocycles. The first-order valence-electron chi connectivity index (χ1n) is 12.5. The van der Waals surface area contributed by atoms with Crippen LogP contribution in [0.1, 0.15) is 39.5 Å². The van der Waals surface area contributed by atoms with Gasteiger partial charge in [-0.25, -0.2) is 0 Å². The molecule has 4 aliphatic carbocycles. The molecule has 184 valence electrons. The number of carbonyl (C=O) groups is 2. The van der Waals surface area contributed by atoms with Crippen molar-refractivity contribution in [2.45, 2.75) is 50.7 Å². The summed E-state index contributed by atoms with van der Waals surface area (Å²) in [6, 6.07) is 0. The van der Waals surface area contributed by atoms with Crippen molar-refractivity contribution in [3.8, 4) is 0 Å². The van der Waals surface area contributed by atoms with Crippen LogP contribution in [0.2, 0.25) is 0 Å². The van der Waals surface area contributed by atoms with E-state index in [2.05, 4.69) is 33.1 Å². The first-order valence-corrected chi connectivity index (χ1v) is 12.5. The zero-order valence-corrected chi connectivity index (χ0v) is 20.4. The largest absolute Gasteiger partial charge is 0.380 e. The molecule has 6 aliphatic rings. The number of hydrogen-bond acceptors (Lipinski definition) is 6. The maximum Gasteiger partial charge on any atom is 0.195 e. The van der Waals surface area contributed by atoms with Crippen LogP contribution in [0.3, 0.4) is 0 Å². The highest BCUT2D eigenvalue weighted by molar-refractivity contribution is 6.08. The van der Waals surface area contributed by atoms with Crippen molar-refractivity contribution in [1.82, 2.24) is 0 Å². The summed E-state index contributed by atoms with van der Waals surface area (Å²) in [7, 11) is 0. The van der Waals surface area contributed by atoms with E-state index in [-0.39, 0.29) is 36.6 Å². The number of rotatable bonds is 12. The summed E-state index contributed by atoms with van der Waals surface area (Å²) in [4.78, 5) is 27.8. The van der Waals surface area contributed by atoms with E-state index in [1.54, 1.807) is 0 Å². The van der Waals surface area contributed by atoms with E-state index < -0.39 is 22.0 Å². The third-order valence-electron chi connectivity index (χ3n) is 8.74. The van der Waals surface area contributed by atoms with Crippen molar-refractivity contribution >= 4 is 11.6 Å². The Balaban J connectivity index is 1.52. The van der Waals surface area contributed by atoms with Gasteiger partial charge in [-0.2, -0.15) is 0 Å². The average molecular weight is 469 g/mol. The third kappa shape index (κ3) is 3.15. The van der Waals surface area contributed by atoms with E-state index in [9.17, 15) is 9.59 Å². The quantitative estimate of drug-likeness (QED) is 0.247. The van der Waals surface area contributed by atoms with E-state index in [4.69, 9.17) is 18.9 Å². The second kappa shape index (κ2) is 8.37. The molecule has 2 spiro atoms. The van der Waals surface area contributed by atoms with Crippen LogP contribution in [0.5, 0.6) is 0 Å².